The Balaban J connectivity index is 2.10. The molecule has 1 heterocycles. The number of nitrogens with one attached hydrogen (secondary N) is 1. The third kappa shape index (κ3) is 2.38. The van der Waals surface area contributed by atoms with Gasteiger partial charge in [-0.1, -0.05) is 12.1 Å². The monoisotopic (exact) mass is 268 g/mol. The Morgan fingerprint density at radius 3 is 2.70 bits per heavy atom. The molecule has 0 amide bonds. The number of fused-ring (bicyclic) bond motifs is 1. The SMILES string of the molecule is Cc1cc(F)cc(Nc2nc(N)nc3ccccc23)c1. The summed E-state index contributed by atoms with van der Waals surface area (Å²) in [5.41, 5.74) is 7.91. The molecule has 0 saturated carbocycles. The van der Waals surface area contributed by atoms with E-state index in [9.17, 15) is 4.39 Å². The average Bonchev–Trinajstić information content (AvgIpc) is 2.37. The Kier molecular flexibility index (Phi) is 2.95. The molecule has 0 aliphatic rings. The number of para-hydroxylation sites is 1. The molecule has 0 atom stereocenters. The molecule has 100 valence electrons. The fraction of sp³-hybridized carbons (Fsp3) is 0.0667. The minimum absolute atomic E-state index is 0.180. The van der Waals surface area contributed by atoms with Crippen LogP contribution in [0.1, 0.15) is 5.56 Å². The molecule has 0 spiro atoms. The number of aryl methyl sites for hydroxylation is 1. The van der Waals surface area contributed by atoms with E-state index in [1.54, 1.807) is 0 Å². The van der Waals surface area contributed by atoms with Crippen molar-refractivity contribution in [3.05, 3.63) is 53.8 Å². The zero-order chi connectivity index (χ0) is 14.1. The van der Waals surface area contributed by atoms with Gasteiger partial charge >= 0.3 is 0 Å². The van der Waals surface area contributed by atoms with Crippen molar-refractivity contribution >= 4 is 28.4 Å². The van der Waals surface area contributed by atoms with Crippen molar-refractivity contribution in [1.82, 2.24) is 9.97 Å². The maximum absolute atomic E-state index is 13.4. The normalized spacial score (nSPS) is 10.7. The predicted molar refractivity (Wildman–Crippen MR) is 78.4 cm³/mol. The van der Waals surface area contributed by atoms with Crippen LogP contribution in [-0.4, -0.2) is 9.97 Å². The number of benzene rings is 2. The molecule has 3 aromatic rings. The summed E-state index contributed by atoms with van der Waals surface area (Å²) in [6.07, 6.45) is 0. The lowest BCUT2D eigenvalue weighted by molar-refractivity contribution is 0.627. The maximum atomic E-state index is 13.4. The summed E-state index contributed by atoms with van der Waals surface area (Å²) in [5.74, 6) is 0.455. The number of anilines is 3. The summed E-state index contributed by atoms with van der Waals surface area (Å²) >= 11 is 0. The standard InChI is InChI=1S/C15H13FN4/c1-9-6-10(16)8-11(7-9)18-14-12-4-2-3-5-13(12)19-15(17)20-14/h2-8H,1H3,(H3,17,18,19,20). The Labute approximate surface area is 115 Å². The van der Waals surface area contributed by atoms with E-state index in [-0.39, 0.29) is 11.8 Å². The smallest absolute Gasteiger partial charge is 0.222 e. The number of rotatable bonds is 2. The van der Waals surface area contributed by atoms with Crippen molar-refractivity contribution in [2.75, 3.05) is 11.1 Å². The second kappa shape index (κ2) is 4.77. The Morgan fingerprint density at radius 1 is 1.10 bits per heavy atom. The quantitative estimate of drug-likeness (QED) is 0.747. The van der Waals surface area contributed by atoms with Crippen LogP contribution < -0.4 is 11.1 Å². The van der Waals surface area contributed by atoms with Gasteiger partial charge in [0.1, 0.15) is 11.6 Å². The van der Waals surface area contributed by atoms with Crippen molar-refractivity contribution < 1.29 is 4.39 Å². The molecule has 0 saturated heterocycles. The molecule has 3 N–H and O–H groups in total. The zero-order valence-electron chi connectivity index (χ0n) is 10.9. The van der Waals surface area contributed by atoms with Crippen LogP contribution in [0.4, 0.5) is 21.8 Å². The molecule has 5 heteroatoms. The van der Waals surface area contributed by atoms with Gasteiger partial charge in [0.15, 0.2) is 0 Å². The molecular formula is C15H13FN4. The summed E-state index contributed by atoms with van der Waals surface area (Å²) in [6.45, 7) is 1.83. The molecule has 4 nitrogen and oxygen atoms in total. The Morgan fingerprint density at radius 2 is 1.90 bits per heavy atom. The first-order valence-corrected chi connectivity index (χ1v) is 6.18. The van der Waals surface area contributed by atoms with Gasteiger partial charge in [-0.15, -0.1) is 0 Å². The number of nitrogens with zero attached hydrogens (tertiary/aromatic N) is 2. The molecule has 0 unspecified atom stereocenters. The van der Waals surface area contributed by atoms with Crippen molar-refractivity contribution in [3.8, 4) is 0 Å². The molecule has 0 bridgehead atoms. The highest BCUT2D eigenvalue weighted by molar-refractivity contribution is 5.91. The van der Waals surface area contributed by atoms with Gasteiger partial charge in [0.2, 0.25) is 5.95 Å². The summed E-state index contributed by atoms with van der Waals surface area (Å²) in [6, 6.07) is 12.3. The third-order valence-corrected chi connectivity index (χ3v) is 2.93. The van der Waals surface area contributed by atoms with Gasteiger partial charge in [-0.25, -0.2) is 9.37 Å². The molecule has 3 rings (SSSR count). The highest BCUT2D eigenvalue weighted by Gasteiger charge is 2.07. The number of halogens is 1. The van der Waals surface area contributed by atoms with Crippen molar-refractivity contribution in [2.45, 2.75) is 6.92 Å². The summed E-state index contributed by atoms with van der Waals surface area (Å²) < 4.78 is 13.4. The summed E-state index contributed by atoms with van der Waals surface area (Å²) in [4.78, 5) is 8.35. The molecule has 0 fully saturated rings. The second-order valence-electron chi connectivity index (χ2n) is 4.59. The lowest BCUT2D eigenvalue weighted by Gasteiger charge is -2.10. The van der Waals surface area contributed by atoms with E-state index < -0.39 is 0 Å². The third-order valence-electron chi connectivity index (χ3n) is 2.93. The average molecular weight is 268 g/mol. The topological polar surface area (TPSA) is 63.8 Å². The minimum atomic E-state index is -0.293. The highest BCUT2D eigenvalue weighted by Crippen LogP contribution is 2.25. The van der Waals surface area contributed by atoms with Crippen LogP contribution in [0.3, 0.4) is 0 Å². The predicted octanol–water partition coefficient (Wildman–Crippen LogP) is 3.40. The fourth-order valence-corrected chi connectivity index (χ4v) is 2.14. The summed E-state index contributed by atoms with van der Waals surface area (Å²) in [5, 5.41) is 3.93. The van der Waals surface area contributed by atoms with E-state index in [2.05, 4.69) is 15.3 Å². The zero-order valence-corrected chi connectivity index (χ0v) is 10.9. The Bertz CT molecular complexity index is 766. The van der Waals surface area contributed by atoms with Crippen LogP contribution in [0.2, 0.25) is 0 Å². The van der Waals surface area contributed by atoms with Gasteiger partial charge in [0.25, 0.3) is 0 Å². The first kappa shape index (κ1) is 12.3. The van der Waals surface area contributed by atoms with Crippen LogP contribution >= 0.6 is 0 Å². The van der Waals surface area contributed by atoms with E-state index >= 15 is 0 Å². The van der Waals surface area contributed by atoms with Gasteiger partial charge in [-0.05, 0) is 42.8 Å². The lowest BCUT2D eigenvalue weighted by atomic mass is 10.2. The van der Waals surface area contributed by atoms with Crippen molar-refractivity contribution in [3.63, 3.8) is 0 Å². The highest BCUT2D eigenvalue weighted by atomic mass is 19.1. The van der Waals surface area contributed by atoms with E-state index in [0.29, 0.717) is 11.5 Å². The molecule has 1 aromatic heterocycles. The van der Waals surface area contributed by atoms with E-state index in [0.717, 1.165) is 16.5 Å². The van der Waals surface area contributed by atoms with Gasteiger partial charge in [-0.3, -0.25) is 0 Å². The largest absolute Gasteiger partial charge is 0.368 e. The van der Waals surface area contributed by atoms with Gasteiger partial charge < -0.3 is 11.1 Å². The van der Waals surface area contributed by atoms with Crippen LogP contribution in [-0.2, 0) is 0 Å². The number of nitrogen functional groups attached to an aromatic ring is 1. The molecule has 2 aromatic carbocycles. The van der Waals surface area contributed by atoms with Crippen LogP contribution in [0.15, 0.2) is 42.5 Å². The fourth-order valence-electron chi connectivity index (χ4n) is 2.14. The van der Waals surface area contributed by atoms with Crippen molar-refractivity contribution in [2.24, 2.45) is 0 Å². The van der Waals surface area contributed by atoms with E-state index in [1.807, 2.05) is 37.3 Å². The van der Waals surface area contributed by atoms with Gasteiger partial charge in [0.05, 0.1) is 5.52 Å². The van der Waals surface area contributed by atoms with Crippen molar-refractivity contribution in [1.29, 1.82) is 0 Å². The van der Waals surface area contributed by atoms with Crippen LogP contribution in [0.5, 0.6) is 0 Å². The molecule has 0 radical (unpaired) electrons. The van der Waals surface area contributed by atoms with E-state index in [4.69, 9.17) is 5.73 Å². The first-order valence-electron chi connectivity index (χ1n) is 6.18. The molecular weight excluding hydrogens is 255 g/mol. The van der Waals surface area contributed by atoms with Gasteiger partial charge in [0, 0.05) is 11.1 Å². The molecule has 0 aliphatic heterocycles. The van der Waals surface area contributed by atoms with E-state index in [1.165, 1.54) is 12.1 Å². The number of hydrogen-bond acceptors (Lipinski definition) is 4. The molecule has 0 aliphatic carbocycles. The number of aromatic nitrogens is 2. The molecule has 20 heavy (non-hydrogen) atoms. The minimum Gasteiger partial charge on any atom is -0.368 e. The van der Waals surface area contributed by atoms with Gasteiger partial charge in [-0.2, -0.15) is 4.98 Å². The number of hydrogen-bond donors (Lipinski definition) is 2. The second-order valence-corrected chi connectivity index (χ2v) is 4.59. The summed E-state index contributed by atoms with van der Waals surface area (Å²) in [7, 11) is 0. The number of nitrogens with two attached hydrogens (primary N) is 1. The lowest BCUT2D eigenvalue weighted by Crippen LogP contribution is -2.01. The Hall–Kier alpha value is -2.69. The van der Waals surface area contributed by atoms with Crippen LogP contribution in [0.25, 0.3) is 10.9 Å². The first-order chi connectivity index (χ1) is 9.61. The van der Waals surface area contributed by atoms with Crippen LogP contribution in [0, 0.1) is 12.7 Å². The maximum Gasteiger partial charge on any atom is 0.222 e.